The molecule has 0 spiro atoms. The molecule has 0 aromatic carbocycles. The van der Waals surface area contributed by atoms with Gasteiger partial charge < -0.3 is 9.88 Å². The predicted molar refractivity (Wildman–Crippen MR) is 64.0 cm³/mol. The van der Waals surface area contributed by atoms with Crippen LogP contribution in [0.1, 0.15) is 37.7 Å². The Morgan fingerprint density at radius 2 is 2.20 bits per heavy atom. The molecule has 1 saturated carbocycles. The highest BCUT2D eigenvalue weighted by molar-refractivity contribution is 5.09. The molecule has 2 heteroatoms. The van der Waals surface area contributed by atoms with Crippen molar-refractivity contribution in [2.75, 3.05) is 6.54 Å². The van der Waals surface area contributed by atoms with Crippen molar-refractivity contribution in [2.24, 2.45) is 7.05 Å². The molecule has 84 valence electrons. The molecule has 0 saturated heterocycles. The van der Waals surface area contributed by atoms with Crippen LogP contribution in [0.4, 0.5) is 0 Å². The second-order valence-corrected chi connectivity index (χ2v) is 4.72. The van der Waals surface area contributed by atoms with Crippen LogP contribution in [0.2, 0.25) is 0 Å². The molecule has 0 amide bonds. The van der Waals surface area contributed by atoms with Crippen molar-refractivity contribution in [3.05, 3.63) is 24.0 Å². The quantitative estimate of drug-likeness (QED) is 0.732. The highest BCUT2D eigenvalue weighted by atomic mass is 14.9. The molecule has 0 atom stereocenters. The van der Waals surface area contributed by atoms with Crippen LogP contribution in [0.15, 0.2) is 18.5 Å². The van der Waals surface area contributed by atoms with Gasteiger partial charge in [-0.05, 0) is 43.9 Å². The molecular weight excluding hydrogens is 184 g/mol. The van der Waals surface area contributed by atoms with Crippen LogP contribution in [0, 0.1) is 0 Å². The lowest BCUT2D eigenvalue weighted by Gasteiger charge is -2.10. The van der Waals surface area contributed by atoms with E-state index in [4.69, 9.17) is 0 Å². The fraction of sp³-hybridized carbons (Fsp3) is 0.692. The molecule has 0 bridgehead atoms. The van der Waals surface area contributed by atoms with Gasteiger partial charge >= 0.3 is 0 Å². The molecule has 0 unspecified atom stereocenters. The summed E-state index contributed by atoms with van der Waals surface area (Å²) in [6, 6.07) is 3.04. The van der Waals surface area contributed by atoms with Crippen molar-refractivity contribution < 1.29 is 0 Å². The molecular formula is C13H22N2. The lowest BCUT2D eigenvalue weighted by atomic mass is 10.2. The van der Waals surface area contributed by atoms with E-state index in [9.17, 15) is 0 Å². The summed E-state index contributed by atoms with van der Waals surface area (Å²) in [5, 5.41) is 3.65. The second-order valence-electron chi connectivity index (χ2n) is 4.72. The molecule has 1 aromatic rings. The van der Waals surface area contributed by atoms with Gasteiger partial charge in [0.15, 0.2) is 0 Å². The Kier molecular flexibility index (Phi) is 3.84. The van der Waals surface area contributed by atoms with Gasteiger partial charge in [-0.25, -0.2) is 0 Å². The number of aromatic nitrogens is 1. The van der Waals surface area contributed by atoms with E-state index in [1.165, 1.54) is 50.6 Å². The maximum Gasteiger partial charge on any atom is 0.0106 e. The molecule has 2 nitrogen and oxygen atoms in total. The zero-order valence-electron chi connectivity index (χ0n) is 9.71. The average Bonchev–Trinajstić information content (AvgIpc) is 2.84. The highest BCUT2D eigenvalue weighted by Crippen LogP contribution is 2.17. The molecule has 1 heterocycles. The summed E-state index contributed by atoms with van der Waals surface area (Å²) >= 11 is 0. The Bertz CT molecular complexity index is 284. The van der Waals surface area contributed by atoms with Crippen molar-refractivity contribution >= 4 is 0 Å². The van der Waals surface area contributed by atoms with Gasteiger partial charge in [-0.2, -0.15) is 0 Å². The minimum atomic E-state index is 0.820. The van der Waals surface area contributed by atoms with E-state index in [0.29, 0.717) is 0 Å². The van der Waals surface area contributed by atoms with E-state index in [1.54, 1.807) is 0 Å². The SMILES string of the molecule is Cn1ccc(CCCNC2CCCC2)c1. The van der Waals surface area contributed by atoms with E-state index < -0.39 is 0 Å². The number of nitrogens with zero attached hydrogens (tertiary/aromatic N) is 1. The molecule has 1 N–H and O–H groups in total. The molecule has 1 fully saturated rings. The molecule has 1 aromatic heterocycles. The number of nitrogens with one attached hydrogen (secondary N) is 1. The maximum atomic E-state index is 3.65. The van der Waals surface area contributed by atoms with Crippen LogP contribution in [0.25, 0.3) is 0 Å². The lowest BCUT2D eigenvalue weighted by Crippen LogP contribution is -2.27. The van der Waals surface area contributed by atoms with Crippen molar-refractivity contribution in [1.82, 2.24) is 9.88 Å². The van der Waals surface area contributed by atoms with Crippen LogP contribution >= 0.6 is 0 Å². The van der Waals surface area contributed by atoms with Crippen molar-refractivity contribution in [3.63, 3.8) is 0 Å². The average molecular weight is 206 g/mol. The van der Waals surface area contributed by atoms with Crippen LogP contribution in [-0.2, 0) is 13.5 Å². The van der Waals surface area contributed by atoms with Gasteiger partial charge in [0.2, 0.25) is 0 Å². The second kappa shape index (κ2) is 5.36. The van der Waals surface area contributed by atoms with E-state index in [1.807, 2.05) is 0 Å². The lowest BCUT2D eigenvalue weighted by molar-refractivity contribution is 0.515. The van der Waals surface area contributed by atoms with Crippen LogP contribution in [0.3, 0.4) is 0 Å². The van der Waals surface area contributed by atoms with Crippen molar-refractivity contribution in [2.45, 2.75) is 44.6 Å². The van der Waals surface area contributed by atoms with Gasteiger partial charge in [0.05, 0.1) is 0 Å². The van der Waals surface area contributed by atoms with Crippen molar-refractivity contribution in [1.29, 1.82) is 0 Å². The van der Waals surface area contributed by atoms with Gasteiger partial charge in [0.1, 0.15) is 0 Å². The summed E-state index contributed by atoms with van der Waals surface area (Å²) in [6.07, 6.45) is 12.5. The highest BCUT2D eigenvalue weighted by Gasteiger charge is 2.13. The minimum Gasteiger partial charge on any atom is -0.357 e. The van der Waals surface area contributed by atoms with Crippen LogP contribution in [0.5, 0.6) is 0 Å². The normalized spacial score (nSPS) is 17.4. The number of aryl methyl sites for hydroxylation is 2. The Hall–Kier alpha value is -0.760. The first-order chi connectivity index (χ1) is 7.34. The summed E-state index contributed by atoms with van der Waals surface area (Å²) in [7, 11) is 2.08. The summed E-state index contributed by atoms with van der Waals surface area (Å²) in [4.78, 5) is 0. The molecule has 1 aliphatic rings. The molecule has 0 aliphatic heterocycles. The summed E-state index contributed by atoms with van der Waals surface area (Å²) in [6.45, 7) is 1.18. The number of hydrogen-bond acceptors (Lipinski definition) is 1. The third-order valence-electron chi connectivity index (χ3n) is 3.32. The number of rotatable bonds is 5. The Morgan fingerprint density at radius 3 is 2.87 bits per heavy atom. The number of hydrogen-bond donors (Lipinski definition) is 1. The maximum absolute atomic E-state index is 3.65. The molecule has 0 radical (unpaired) electrons. The Balaban J connectivity index is 1.58. The minimum absolute atomic E-state index is 0.820. The third kappa shape index (κ3) is 3.38. The first-order valence-electron chi connectivity index (χ1n) is 6.19. The van der Waals surface area contributed by atoms with Gasteiger partial charge in [-0.1, -0.05) is 12.8 Å². The smallest absolute Gasteiger partial charge is 0.0106 e. The first kappa shape index (κ1) is 10.7. The summed E-state index contributed by atoms with van der Waals surface area (Å²) < 4.78 is 2.12. The molecule has 2 rings (SSSR count). The van der Waals surface area contributed by atoms with Gasteiger partial charge in [-0.15, -0.1) is 0 Å². The van der Waals surface area contributed by atoms with Gasteiger partial charge in [-0.3, -0.25) is 0 Å². The Morgan fingerprint density at radius 1 is 1.40 bits per heavy atom. The third-order valence-corrected chi connectivity index (χ3v) is 3.32. The fourth-order valence-electron chi connectivity index (χ4n) is 2.44. The molecule has 1 aliphatic carbocycles. The van der Waals surface area contributed by atoms with Crippen LogP contribution in [-0.4, -0.2) is 17.2 Å². The zero-order chi connectivity index (χ0) is 10.5. The van der Waals surface area contributed by atoms with Gasteiger partial charge in [0, 0.05) is 25.5 Å². The molecule has 15 heavy (non-hydrogen) atoms. The summed E-state index contributed by atoms with van der Waals surface area (Å²) in [5.41, 5.74) is 1.46. The van der Waals surface area contributed by atoms with E-state index in [0.717, 1.165) is 6.04 Å². The topological polar surface area (TPSA) is 17.0 Å². The van der Waals surface area contributed by atoms with Crippen LogP contribution < -0.4 is 5.32 Å². The van der Waals surface area contributed by atoms with E-state index in [-0.39, 0.29) is 0 Å². The zero-order valence-corrected chi connectivity index (χ0v) is 9.71. The Labute approximate surface area is 92.7 Å². The summed E-state index contributed by atoms with van der Waals surface area (Å²) in [5.74, 6) is 0. The van der Waals surface area contributed by atoms with Crippen molar-refractivity contribution in [3.8, 4) is 0 Å². The van der Waals surface area contributed by atoms with Gasteiger partial charge in [0.25, 0.3) is 0 Å². The largest absolute Gasteiger partial charge is 0.357 e. The first-order valence-corrected chi connectivity index (χ1v) is 6.19. The fourth-order valence-corrected chi connectivity index (χ4v) is 2.44. The van der Waals surface area contributed by atoms with E-state index >= 15 is 0 Å². The van der Waals surface area contributed by atoms with E-state index in [2.05, 4.69) is 35.4 Å². The predicted octanol–water partition coefficient (Wildman–Crippen LogP) is 2.49. The monoisotopic (exact) mass is 206 g/mol. The standard InChI is InChI=1S/C13H22N2/c1-15-10-8-12(11-15)5-4-9-14-13-6-2-3-7-13/h8,10-11,13-14H,2-7,9H2,1H3.